The first-order valence-electron chi connectivity index (χ1n) is 16.6. The van der Waals surface area contributed by atoms with E-state index in [-0.39, 0.29) is 5.41 Å². The molecular formula is C45H31N3. The summed E-state index contributed by atoms with van der Waals surface area (Å²) in [6, 6.07) is 54.5. The number of para-hydroxylation sites is 1. The number of benzene rings is 7. The molecule has 0 aliphatic heterocycles. The molecule has 48 heavy (non-hydrogen) atoms. The van der Waals surface area contributed by atoms with Crippen LogP contribution in [0.3, 0.4) is 0 Å². The summed E-state index contributed by atoms with van der Waals surface area (Å²) < 4.78 is 2.26. The van der Waals surface area contributed by atoms with Crippen LogP contribution in [0.15, 0.2) is 152 Å². The van der Waals surface area contributed by atoms with E-state index in [0.717, 1.165) is 33.2 Å². The van der Waals surface area contributed by atoms with Crippen LogP contribution in [-0.4, -0.2) is 14.5 Å². The molecule has 0 saturated heterocycles. The topological polar surface area (TPSA) is 30.7 Å². The summed E-state index contributed by atoms with van der Waals surface area (Å²) in [5.74, 6) is 0.674. The van der Waals surface area contributed by atoms with Gasteiger partial charge in [-0.2, -0.15) is 0 Å². The summed E-state index contributed by atoms with van der Waals surface area (Å²) in [5, 5.41) is 5.91. The van der Waals surface area contributed by atoms with Gasteiger partial charge in [-0.15, -0.1) is 0 Å². The quantitative estimate of drug-likeness (QED) is 0.198. The SMILES string of the molecule is CC1(C)c2ccccc2-c2cccc(-c3ccc4c(c3)c3c5ccccc5ccc3n4-c3nc(-c4ccccc4)c4ccccc4n3)c21. The van der Waals surface area contributed by atoms with Crippen molar-refractivity contribution < 1.29 is 0 Å². The van der Waals surface area contributed by atoms with Crippen LogP contribution in [0.1, 0.15) is 25.0 Å². The van der Waals surface area contributed by atoms with Gasteiger partial charge in [-0.25, -0.2) is 9.97 Å². The highest BCUT2D eigenvalue weighted by molar-refractivity contribution is 6.22. The second-order valence-corrected chi connectivity index (χ2v) is 13.4. The molecule has 0 amide bonds. The number of fused-ring (bicyclic) bond motifs is 9. The molecule has 0 unspecified atom stereocenters. The van der Waals surface area contributed by atoms with Crippen LogP contribution in [-0.2, 0) is 5.41 Å². The van der Waals surface area contributed by atoms with Gasteiger partial charge in [0.2, 0.25) is 5.95 Å². The molecule has 1 aliphatic carbocycles. The minimum absolute atomic E-state index is 0.106. The number of hydrogen-bond donors (Lipinski definition) is 0. The van der Waals surface area contributed by atoms with Gasteiger partial charge in [-0.3, -0.25) is 4.57 Å². The van der Waals surface area contributed by atoms with Crippen LogP contribution in [0.4, 0.5) is 0 Å². The van der Waals surface area contributed by atoms with Gasteiger partial charge in [-0.05, 0) is 68.4 Å². The highest BCUT2D eigenvalue weighted by Gasteiger charge is 2.37. The third kappa shape index (κ3) is 3.76. The summed E-state index contributed by atoms with van der Waals surface area (Å²) in [6.07, 6.45) is 0. The molecule has 9 aromatic rings. The molecule has 0 atom stereocenters. The standard InChI is InChI=1S/C45H31N3/c1-45(2)37-21-10-8-17-33(37)34-20-12-19-32(42(34)45)30-24-25-39-36(27-30)41-31-16-7-6-13-28(31)23-26-40(41)48(39)44-46-38-22-11-9-18-35(38)43(47-44)29-14-4-3-5-15-29/h3-27H,1-2H3. The van der Waals surface area contributed by atoms with Crippen molar-refractivity contribution in [3.63, 3.8) is 0 Å². The van der Waals surface area contributed by atoms with Gasteiger partial charge >= 0.3 is 0 Å². The molecule has 3 nitrogen and oxygen atoms in total. The Kier molecular flexibility index (Phi) is 5.63. The maximum absolute atomic E-state index is 5.32. The van der Waals surface area contributed by atoms with E-state index in [2.05, 4.69) is 164 Å². The van der Waals surface area contributed by atoms with Gasteiger partial charge < -0.3 is 0 Å². The van der Waals surface area contributed by atoms with Crippen molar-refractivity contribution >= 4 is 43.5 Å². The molecule has 226 valence electrons. The monoisotopic (exact) mass is 613 g/mol. The fourth-order valence-corrected chi connectivity index (χ4v) is 8.24. The van der Waals surface area contributed by atoms with Crippen molar-refractivity contribution in [2.24, 2.45) is 0 Å². The zero-order chi connectivity index (χ0) is 32.0. The number of hydrogen-bond acceptors (Lipinski definition) is 2. The molecule has 2 aromatic heterocycles. The minimum atomic E-state index is -0.106. The Morgan fingerprint density at radius 2 is 1.21 bits per heavy atom. The predicted molar refractivity (Wildman–Crippen MR) is 200 cm³/mol. The maximum Gasteiger partial charge on any atom is 0.235 e. The molecule has 0 bridgehead atoms. The molecule has 2 heterocycles. The number of nitrogens with zero attached hydrogens (tertiary/aromatic N) is 3. The summed E-state index contributed by atoms with van der Waals surface area (Å²) >= 11 is 0. The van der Waals surface area contributed by atoms with Crippen molar-refractivity contribution in [1.29, 1.82) is 0 Å². The second kappa shape index (κ2) is 9.97. The summed E-state index contributed by atoms with van der Waals surface area (Å²) in [7, 11) is 0. The first-order valence-corrected chi connectivity index (χ1v) is 16.6. The van der Waals surface area contributed by atoms with Gasteiger partial charge in [0.1, 0.15) is 0 Å². The van der Waals surface area contributed by atoms with Gasteiger partial charge in [0, 0.05) is 27.1 Å². The van der Waals surface area contributed by atoms with Crippen LogP contribution in [0, 0.1) is 0 Å². The van der Waals surface area contributed by atoms with Crippen LogP contribution in [0.25, 0.3) is 82.9 Å². The second-order valence-electron chi connectivity index (χ2n) is 13.4. The zero-order valence-electron chi connectivity index (χ0n) is 26.8. The Morgan fingerprint density at radius 3 is 2.10 bits per heavy atom. The fraction of sp³-hybridized carbons (Fsp3) is 0.0667. The maximum atomic E-state index is 5.32. The van der Waals surface area contributed by atoms with Gasteiger partial charge in [-0.1, -0.05) is 141 Å². The Bertz CT molecular complexity index is 2750. The molecule has 0 fully saturated rings. The number of rotatable bonds is 3. The highest BCUT2D eigenvalue weighted by Crippen LogP contribution is 2.52. The number of aromatic nitrogens is 3. The lowest BCUT2D eigenvalue weighted by atomic mass is 9.79. The van der Waals surface area contributed by atoms with Crippen LogP contribution in [0.2, 0.25) is 0 Å². The van der Waals surface area contributed by atoms with Gasteiger partial charge in [0.05, 0.1) is 22.2 Å². The van der Waals surface area contributed by atoms with E-state index in [4.69, 9.17) is 9.97 Å². The lowest BCUT2D eigenvalue weighted by Gasteiger charge is -2.24. The first kappa shape index (κ1) is 27.1. The van der Waals surface area contributed by atoms with Crippen molar-refractivity contribution in [1.82, 2.24) is 14.5 Å². The van der Waals surface area contributed by atoms with E-state index in [1.807, 2.05) is 6.07 Å². The van der Waals surface area contributed by atoms with E-state index in [1.54, 1.807) is 0 Å². The molecule has 1 aliphatic rings. The molecular weight excluding hydrogens is 583 g/mol. The lowest BCUT2D eigenvalue weighted by Crippen LogP contribution is -2.16. The summed E-state index contributed by atoms with van der Waals surface area (Å²) in [5.41, 5.74) is 13.0. The smallest absolute Gasteiger partial charge is 0.235 e. The Hall–Kier alpha value is -6.06. The molecule has 7 aromatic carbocycles. The van der Waals surface area contributed by atoms with E-state index in [1.165, 1.54) is 54.9 Å². The average molecular weight is 614 g/mol. The van der Waals surface area contributed by atoms with E-state index in [0.29, 0.717) is 5.95 Å². The lowest BCUT2D eigenvalue weighted by molar-refractivity contribution is 0.662. The van der Waals surface area contributed by atoms with Crippen LogP contribution >= 0.6 is 0 Å². The molecule has 0 radical (unpaired) electrons. The fourth-order valence-electron chi connectivity index (χ4n) is 8.24. The van der Waals surface area contributed by atoms with Crippen molar-refractivity contribution in [3.8, 4) is 39.5 Å². The predicted octanol–water partition coefficient (Wildman–Crippen LogP) is 11.5. The van der Waals surface area contributed by atoms with E-state index in [9.17, 15) is 0 Å². The first-order chi connectivity index (χ1) is 23.6. The minimum Gasteiger partial charge on any atom is -0.278 e. The Morgan fingerprint density at radius 1 is 0.500 bits per heavy atom. The van der Waals surface area contributed by atoms with Crippen molar-refractivity contribution in [2.75, 3.05) is 0 Å². The van der Waals surface area contributed by atoms with Crippen LogP contribution in [0.5, 0.6) is 0 Å². The normalized spacial score (nSPS) is 13.4. The van der Waals surface area contributed by atoms with Crippen LogP contribution < -0.4 is 0 Å². The summed E-state index contributed by atoms with van der Waals surface area (Å²) in [6.45, 7) is 4.72. The van der Waals surface area contributed by atoms with Crippen molar-refractivity contribution in [2.45, 2.75) is 19.3 Å². The average Bonchev–Trinajstić information content (AvgIpc) is 3.60. The van der Waals surface area contributed by atoms with Gasteiger partial charge in [0.25, 0.3) is 0 Å². The van der Waals surface area contributed by atoms with Crippen molar-refractivity contribution in [3.05, 3.63) is 163 Å². The highest BCUT2D eigenvalue weighted by atomic mass is 15.2. The molecule has 0 spiro atoms. The van der Waals surface area contributed by atoms with E-state index >= 15 is 0 Å². The largest absolute Gasteiger partial charge is 0.278 e. The van der Waals surface area contributed by atoms with E-state index < -0.39 is 0 Å². The molecule has 0 N–H and O–H groups in total. The molecule has 0 saturated carbocycles. The zero-order valence-corrected chi connectivity index (χ0v) is 26.8. The molecule has 10 rings (SSSR count). The third-order valence-corrected chi connectivity index (χ3v) is 10.4. The third-order valence-electron chi connectivity index (χ3n) is 10.4. The Balaban J connectivity index is 1.28. The van der Waals surface area contributed by atoms with Gasteiger partial charge in [0.15, 0.2) is 0 Å². The summed E-state index contributed by atoms with van der Waals surface area (Å²) in [4.78, 5) is 10.5. The Labute approximate surface area is 278 Å². The molecule has 3 heteroatoms.